The SMILES string of the molecule is CCc1ccc(C(N)CCCC(=O)OC)s1. The standard InChI is InChI=1S/C12H19NO2S/c1-3-9-7-8-11(16-9)10(13)5-4-6-12(14)15-2/h7-8,10H,3-6,13H2,1-2H3. The van der Waals surface area contributed by atoms with E-state index in [0.29, 0.717) is 6.42 Å². The molecule has 3 nitrogen and oxygen atoms in total. The van der Waals surface area contributed by atoms with Gasteiger partial charge in [-0.15, -0.1) is 11.3 Å². The molecule has 1 rings (SSSR count). The summed E-state index contributed by atoms with van der Waals surface area (Å²) in [6.07, 6.45) is 3.13. The van der Waals surface area contributed by atoms with Crippen LogP contribution >= 0.6 is 11.3 Å². The van der Waals surface area contributed by atoms with Gasteiger partial charge in [-0.25, -0.2) is 0 Å². The molecule has 2 N–H and O–H groups in total. The van der Waals surface area contributed by atoms with Gasteiger partial charge in [0.2, 0.25) is 0 Å². The number of ether oxygens (including phenoxy) is 1. The van der Waals surface area contributed by atoms with Crippen molar-refractivity contribution in [3.8, 4) is 0 Å². The topological polar surface area (TPSA) is 52.3 Å². The lowest BCUT2D eigenvalue weighted by atomic mass is 10.1. The van der Waals surface area contributed by atoms with E-state index in [1.54, 1.807) is 11.3 Å². The summed E-state index contributed by atoms with van der Waals surface area (Å²) in [5.41, 5.74) is 6.05. The average molecular weight is 241 g/mol. The number of nitrogens with two attached hydrogens (primary N) is 1. The van der Waals surface area contributed by atoms with Crippen molar-refractivity contribution in [1.82, 2.24) is 0 Å². The molecule has 16 heavy (non-hydrogen) atoms. The van der Waals surface area contributed by atoms with Crippen molar-refractivity contribution in [3.05, 3.63) is 21.9 Å². The van der Waals surface area contributed by atoms with Crippen LogP contribution < -0.4 is 5.73 Å². The fourth-order valence-corrected chi connectivity index (χ4v) is 2.48. The zero-order chi connectivity index (χ0) is 12.0. The molecule has 1 atom stereocenters. The summed E-state index contributed by atoms with van der Waals surface area (Å²) in [6.45, 7) is 2.14. The molecule has 0 saturated carbocycles. The Morgan fingerprint density at radius 2 is 2.31 bits per heavy atom. The van der Waals surface area contributed by atoms with Crippen LogP contribution in [0, 0.1) is 0 Å². The van der Waals surface area contributed by atoms with Gasteiger partial charge < -0.3 is 10.5 Å². The Morgan fingerprint density at radius 1 is 1.56 bits per heavy atom. The van der Waals surface area contributed by atoms with E-state index < -0.39 is 0 Å². The number of rotatable bonds is 6. The van der Waals surface area contributed by atoms with Gasteiger partial charge in [0.15, 0.2) is 0 Å². The molecule has 1 heterocycles. The number of esters is 1. The van der Waals surface area contributed by atoms with Crippen LogP contribution in [0.1, 0.15) is 42.0 Å². The summed E-state index contributed by atoms with van der Waals surface area (Å²) in [4.78, 5) is 13.5. The Balaban J connectivity index is 2.34. The van der Waals surface area contributed by atoms with Crippen LogP contribution in [-0.4, -0.2) is 13.1 Å². The number of aryl methyl sites for hydroxylation is 1. The number of hydrogen-bond acceptors (Lipinski definition) is 4. The quantitative estimate of drug-likeness (QED) is 0.779. The number of methoxy groups -OCH3 is 1. The largest absolute Gasteiger partial charge is 0.469 e. The molecule has 0 bridgehead atoms. The number of hydrogen-bond donors (Lipinski definition) is 1. The Morgan fingerprint density at radius 3 is 2.88 bits per heavy atom. The van der Waals surface area contributed by atoms with Crippen molar-refractivity contribution in [2.75, 3.05) is 7.11 Å². The second kappa shape index (κ2) is 6.66. The van der Waals surface area contributed by atoms with E-state index in [1.165, 1.54) is 16.9 Å². The molecule has 0 aromatic carbocycles. The molecule has 0 aliphatic rings. The maximum atomic E-state index is 10.9. The van der Waals surface area contributed by atoms with E-state index in [-0.39, 0.29) is 12.0 Å². The number of carbonyl (C=O) groups is 1. The molecule has 0 amide bonds. The van der Waals surface area contributed by atoms with E-state index >= 15 is 0 Å². The minimum Gasteiger partial charge on any atom is -0.469 e. The molecule has 0 fully saturated rings. The highest BCUT2D eigenvalue weighted by Gasteiger charge is 2.09. The van der Waals surface area contributed by atoms with Crippen LogP contribution in [0.25, 0.3) is 0 Å². The van der Waals surface area contributed by atoms with Gasteiger partial charge in [0.25, 0.3) is 0 Å². The molecule has 0 aliphatic heterocycles. The molecule has 1 unspecified atom stereocenters. The van der Waals surface area contributed by atoms with Crippen LogP contribution in [0.2, 0.25) is 0 Å². The third-order valence-electron chi connectivity index (χ3n) is 2.52. The number of thiophene rings is 1. The van der Waals surface area contributed by atoms with Gasteiger partial charge in [-0.05, 0) is 31.4 Å². The molecular weight excluding hydrogens is 222 g/mol. The summed E-state index contributed by atoms with van der Waals surface area (Å²) in [5, 5.41) is 0. The third kappa shape index (κ3) is 3.94. The van der Waals surface area contributed by atoms with Gasteiger partial charge in [-0.3, -0.25) is 4.79 Å². The van der Waals surface area contributed by atoms with Gasteiger partial charge in [-0.1, -0.05) is 6.92 Å². The Labute approximate surface area is 101 Å². The van der Waals surface area contributed by atoms with E-state index in [0.717, 1.165) is 19.3 Å². The normalized spacial score (nSPS) is 12.4. The van der Waals surface area contributed by atoms with E-state index in [4.69, 9.17) is 5.73 Å². The molecular formula is C12H19NO2S. The Hall–Kier alpha value is -0.870. The van der Waals surface area contributed by atoms with Crippen LogP contribution in [0.15, 0.2) is 12.1 Å². The second-order valence-corrected chi connectivity index (χ2v) is 4.93. The van der Waals surface area contributed by atoms with E-state index in [2.05, 4.69) is 23.8 Å². The highest BCUT2D eigenvalue weighted by molar-refractivity contribution is 7.12. The van der Waals surface area contributed by atoms with Gasteiger partial charge in [0.1, 0.15) is 0 Å². The molecule has 0 saturated heterocycles. The van der Waals surface area contributed by atoms with Crippen molar-refractivity contribution in [2.24, 2.45) is 5.73 Å². The van der Waals surface area contributed by atoms with Crippen molar-refractivity contribution in [3.63, 3.8) is 0 Å². The maximum Gasteiger partial charge on any atom is 0.305 e. The lowest BCUT2D eigenvalue weighted by Gasteiger charge is -2.08. The summed E-state index contributed by atoms with van der Waals surface area (Å²) in [7, 11) is 1.41. The van der Waals surface area contributed by atoms with Crippen molar-refractivity contribution in [1.29, 1.82) is 0 Å². The minimum atomic E-state index is -0.160. The second-order valence-electron chi connectivity index (χ2n) is 3.73. The molecule has 0 radical (unpaired) electrons. The lowest BCUT2D eigenvalue weighted by Crippen LogP contribution is -2.09. The minimum absolute atomic E-state index is 0.0509. The van der Waals surface area contributed by atoms with Crippen LogP contribution in [0.5, 0.6) is 0 Å². The van der Waals surface area contributed by atoms with E-state index in [9.17, 15) is 4.79 Å². The summed E-state index contributed by atoms with van der Waals surface area (Å²) < 4.78 is 4.58. The predicted octanol–water partition coefficient (Wildman–Crippen LogP) is 2.65. The fourth-order valence-electron chi connectivity index (χ4n) is 1.49. The summed E-state index contributed by atoms with van der Waals surface area (Å²) in [5.74, 6) is -0.160. The first-order valence-corrected chi connectivity index (χ1v) is 6.40. The molecule has 1 aromatic heterocycles. The average Bonchev–Trinajstić information content (AvgIpc) is 2.77. The van der Waals surface area contributed by atoms with Gasteiger partial charge in [-0.2, -0.15) is 0 Å². The zero-order valence-electron chi connectivity index (χ0n) is 9.86. The molecule has 0 spiro atoms. The van der Waals surface area contributed by atoms with Crippen LogP contribution in [0.3, 0.4) is 0 Å². The molecule has 1 aromatic rings. The van der Waals surface area contributed by atoms with Crippen LogP contribution in [0.4, 0.5) is 0 Å². The zero-order valence-corrected chi connectivity index (χ0v) is 10.7. The van der Waals surface area contributed by atoms with E-state index in [1.807, 2.05) is 0 Å². The highest BCUT2D eigenvalue weighted by atomic mass is 32.1. The van der Waals surface area contributed by atoms with Crippen molar-refractivity contribution in [2.45, 2.75) is 38.6 Å². The lowest BCUT2D eigenvalue weighted by molar-refractivity contribution is -0.140. The first kappa shape index (κ1) is 13.2. The van der Waals surface area contributed by atoms with Gasteiger partial charge >= 0.3 is 5.97 Å². The first-order valence-electron chi connectivity index (χ1n) is 5.58. The number of carbonyl (C=O) groups excluding carboxylic acids is 1. The molecule has 4 heteroatoms. The first-order chi connectivity index (χ1) is 7.67. The summed E-state index contributed by atoms with van der Waals surface area (Å²) in [6, 6.07) is 4.27. The van der Waals surface area contributed by atoms with Gasteiger partial charge in [0.05, 0.1) is 7.11 Å². The smallest absolute Gasteiger partial charge is 0.305 e. The van der Waals surface area contributed by atoms with Crippen LogP contribution in [-0.2, 0) is 16.0 Å². The fraction of sp³-hybridized carbons (Fsp3) is 0.583. The summed E-state index contributed by atoms with van der Waals surface area (Å²) >= 11 is 1.76. The molecule has 0 aliphatic carbocycles. The highest BCUT2D eigenvalue weighted by Crippen LogP contribution is 2.25. The predicted molar refractivity (Wildman–Crippen MR) is 66.5 cm³/mol. The molecule has 90 valence electrons. The third-order valence-corrected chi connectivity index (χ3v) is 3.88. The van der Waals surface area contributed by atoms with Crippen molar-refractivity contribution >= 4 is 17.3 Å². The Kier molecular flexibility index (Phi) is 5.49. The maximum absolute atomic E-state index is 10.9. The van der Waals surface area contributed by atoms with Gasteiger partial charge in [0, 0.05) is 22.2 Å². The Bertz CT molecular complexity index is 336. The van der Waals surface area contributed by atoms with Crippen molar-refractivity contribution < 1.29 is 9.53 Å². The monoisotopic (exact) mass is 241 g/mol.